The molecule has 1 aromatic rings. The van der Waals surface area contributed by atoms with E-state index in [-0.39, 0.29) is 0 Å². The molecule has 0 radical (unpaired) electrons. The number of nitrogens with one attached hydrogen (secondary N) is 1. The quantitative estimate of drug-likeness (QED) is 0.830. The number of aromatic nitrogens is 3. The van der Waals surface area contributed by atoms with Crippen LogP contribution in [0.15, 0.2) is 6.33 Å². The zero-order valence-electron chi connectivity index (χ0n) is 10.6. The average Bonchev–Trinajstić information content (AvgIpc) is 2.86. The molecule has 0 saturated carbocycles. The summed E-state index contributed by atoms with van der Waals surface area (Å²) in [6.07, 6.45) is 6.92. The second kappa shape index (κ2) is 4.38. The molecule has 5 nitrogen and oxygen atoms in total. The van der Waals surface area contributed by atoms with E-state index in [2.05, 4.69) is 27.3 Å². The Bertz CT molecular complexity index is 376. The molecule has 2 aliphatic rings. The van der Waals surface area contributed by atoms with E-state index >= 15 is 0 Å². The summed E-state index contributed by atoms with van der Waals surface area (Å²) in [5.41, 5.74) is 0. The lowest BCUT2D eigenvalue weighted by Gasteiger charge is -2.35. The van der Waals surface area contributed by atoms with Gasteiger partial charge in [-0.2, -0.15) is 5.10 Å². The SMILES string of the molecule is CN(Cc1ncnn1C)C1CC2CCC(C1)N2. The third kappa shape index (κ3) is 2.21. The van der Waals surface area contributed by atoms with Crippen LogP contribution >= 0.6 is 0 Å². The largest absolute Gasteiger partial charge is 0.311 e. The first-order chi connectivity index (χ1) is 8.22. The van der Waals surface area contributed by atoms with Crippen LogP contribution in [0.4, 0.5) is 0 Å². The summed E-state index contributed by atoms with van der Waals surface area (Å²) < 4.78 is 1.87. The molecule has 2 fully saturated rings. The van der Waals surface area contributed by atoms with Crippen molar-refractivity contribution < 1.29 is 0 Å². The maximum atomic E-state index is 4.30. The van der Waals surface area contributed by atoms with Crippen molar-refractivity contribution in [3.8, 4) is 0 Å². The number of rotatable bonds is 3. The highest BCUT2D eigenvalue weighted by Crippen LogP contribution is 2.29. The van der Waals surface area contributed by atoms with Gasteiger partial charge in [-0.1, -0.05) is 0 Å². The van der Waals surface area contributed by atoms with Gasteiger partial charge >= 0.3 is 0 Å². The highest BCUT2D eigenvalue weighted by molar-refractivity contribution is 4.96. The number of nitrogens with zero attached hydrogens (tertiary/aromatic N) is 4. The Kier molecular flexibility index (Phi) is 2.88. The van der Waals surface area contributed by atoms with Crippen LogP contribution in [0.5, 0.6) is 0 Å². The van der Waals surface area contributed by atoms with E-state index in [0.29, 0.717) is 6.04 Å². The van der Waals surface area contributed by atoms with Crippen molar-refractivity contribution in [3.63, 3.8) is 0 Å². The molecule has 2 unspecified atom stereocenters. The first-order valence-corrected chi connectivity index (χ1v) is 6.51. The van der Waals surface area contributed by atoms with E-state index in [1.165, 1.54) is 25.7 Å². The van der Waals surface area contributed by atoms with Gasteiger partial charge in [-0.15, -0.1) is 0 Å². The molecule has 0 aliphatic carbocycles. The first-order valence-electron chi connectivity index (χ1n) is 6.51. The third-order valence-electron chi connectivity index (χ3n) is 4.27. The van der Waals surface area contributed by atoms with E-state index in [1.807, 2.05) is 11.7 Å². The predicted molar refractivity (Wildman–Crippen MR) is 65.4 cm³/mol. The van der Waals surface area contributed by atoms with Crippen LogP contribution in [-0.4, -0.2) is 44.8 Å². The molecule has 3 heterocycles. The zero-order valence-corrected chi connectivity index (χ0v) is 10.6. The minimum Gasteiger partial charge on any atom is -0.311 e. The second-order valence-electron chi connectivity index (χ2n) is 5.48. The standard InChI is InChI=1S/C12H21N5/c1-16(7-12-13-8-14-17(12)2)11-5-9-3-4-10(6-11)15-9/h8-11,15H,3-7H2,1-2H3. The van der Waals surface area contributed by atoms with Crippen LogP contribution in [0, 0.1) is 0 Å². The highest BCUT2D eigenvalue weighted by Gasteiger charge is 2.35. The van der Waals surface area contributed by atoms with Crippen molar-refractivity contribution in [2.45, 2.75) is 50.4 Å². The van der Waals surface area contributed by atoms with Crippen molar-refractivity contribution in [2.75, 3.05) is 7.05 Å². The number of piperidine rings is 1. The van der Waals surface area contributed by atoms with Gasteiger partial charge in [0.1, 0.15) is 12.2 Å². The summed E-state index contributed by atoms with van der Waals surface area (Å²) in [5, 5.41) is 7.81. The van der Waals surface area contributed by atoms with Crippen LogP contribution in [0.25, 0.3) is 0 Å². The Morgan fingerprint density at radius 3 is 2.71 bits per heavy atom. The summed E-state index contributed by atoms with van der Waals surface area (Å²) >= 11 is 0. The van der Waals surface area contributed by atoms with Crippen LogP contribution in [0.1, 0.15) is 31.5 Å². The number of aryl methyl sites for hydroxylation is 1. The van der Waals surface area contributed by atoms with Crippen molar-refractivity contribution in [2.24, 2.45) is 7.05 Å². The summed E-state index contributed by atoms with van der Waals surface area (Å²) in [7, 11) is 4.17. The van der Waals surface area contributed by atoms with Gasteiger partial charge < -0.3 is 5.32 Å². The number of fused-ring (bicyclic) bond motifs is 2. The molecule has 0 spiro atoms. The Balaban J connectivity index is 1.63. The Hall–Kier alpha value is -0.940. The Labute approximate surface area is 102 Å². The minimum absolute atomic E-state index is 0.699. The fourth-order valence-electron chi connectivity index (χ4n) is 3.20. The van der Waals surface area contributed by atoms with E-state index in [1.54, 1.807) is 6.33 Å². The number of hydrogen-bond donors (Lipinski definition) is 1. The van der Waals surface area contributed by atoms with Crippen LogP contribution in [-0.2, 0) is 13.6 Å². The molecular formula is C12H21N5. The van der Waals surface area contributed by atoms with Crippen LogP contribution < -0.4 is 5.32 Å². The monoisotopic (exact) mass is 235 g/mol. The van der Waals surface area contributed by atoms with E-state index in [9.17, 15) is 0 Å². The molecule has 3 rings (SSSR count). The summed E-state index contributed by atoms with van der Waals surface area (Å²) in [5.74, 6) is 1.05. The van der Waals surface area contributed by atoms with Gasteiger partial charge in [-0.25, -0.2) is 4.98 Å². The summed E-state index contributed by atoms with van der Waals surface area (Å²) in [4.78, 5) is 6.74. The predicted octanol–water partition coefficient (Wildman–Crippen LogP) is 0.530. The number of hydrogen-bond acceptors (Lipinski definition) is 4. The highest BCUT2D eigenvalue weighted by atomic mass is 15.3. The lowest BCUT2D eigenvalue weighted by molar-refractivity contribution is 0.161. The molecule has 2 saturated heterocycles. The molecule has 0 aromatic carbocycles. The van der Waals surface area contributed by atoms with Gasteiger partial charge in [0.2, 0.25) is 0 Å². The Morgan fingerprint density at radius 2 is 2.12 bits per heavy atom. The summed E-state index contributed by atoms with van der Waals surface area (Å²) in [6, 6.07) is 2.20. The van der Waals surface area contributed by atoms with Crippen molar-refractivity contribution >= 4 is 0 Å². The minimum atomic E-state index is 0.699. The van der Waals surface area contributed by atoms with E-state index in [4.69, 9.17) is 0 Å². The molecule has 2 bridgehead atoms. The maximum Gasteiger partial charge on any atom is 0.140 e. The lowest BCUT2D eigenvalue weighted by atomic mass is 9.98. The molecule has 5 heteroatoms. The van der Waals surface area contributed by atoms with Gasteiger partial charge in [0.25, 0.3) is 0 Å². The topological polar surface area (TPSA) is 46.0 Å². The normalized spacial score (nSPS) is 32.3. The molecule has 1 aromatic heterocycles. The summed E-state index contributed by atoms with van der Waals surface area (Å²) in [6.45, 7) is 0.903. The van der Waals surface area contributed by atoms with Crippen LogP contribution in [0.3, 0.4) is 0 Å². The van der Waals surface area contributed by atoms with Crippen molar-refractivity contribution in [1.82, 2.24) is 25.0 Å². The molecule has 2 aliphatic heterocycles. The first kappa shape index (κ1) is 11.2. The van der Waals surface area contributed by atoms with Crippen molar-refractivity contribution in [3.05, 3.63) is 12.2 Å². The zero-order chi connectivity index (χ0) is 11.8. The van der Waals surface area contributed by atoms with Gasteiger partial charge in [0, 0.05) is 25.2 Å². The molecule has 1 N–H and O–H groups in total. The van der Waals surface area contributed by atoms with Gasteiger partial charge in [-0.3, -0.25) is 9.58 Å². The van der Waals surface area contributed by atoms with Crippen molar-refractivity contribution in [1.29, 1.82) is 0 Å². The fraction of sp³-hybridized carbons (Fsp3) is 0.833. The molecule has 17 heavy (non-hydrogen) atoms. The van der Waals surface area contributed by atoms with Gasteiger partial charge in [-0.05, 0) is 32.7 Å². The third-order valence-corrected chi connectivity index (χ3v) is 4.27. The average molecular weight is 235 g/mol. The second-order valence-corrected chi connectivity index (χ2v) is 5.48. The van der Waals surface area contributed by atoms with E-state index < -0.39 is 0 Å². The van der Waals surface area contributed by atoms with Gasteiger partial charge in [0.15, 0.2) is 0 Å². The fourth-order valence-corrected chi connectivity index (χ4v) is 3.20. The molecule has 94 valence electrons. The van der Waals surface area contributed by atoms with Crippen LogP contribution in [0.2, 0.25) is 0 Å². The Morgan fingerprint density at radius 1 is 1.41 bits per heavy atom. The van der Waals surface area contributed by atoms with E-state index in [0.717, 1.165) is 24.5 Å². The van der Waals surface area contributed by atoms with Gasteiger partial charge in [0.05, 0.1) is 6.54 Å². The molecule has 2 atom stereocenters. The molecule has 0 amide bonds. The lowest BCUT2D eigenvalue weighted by Crippen LogP contribution is -2.46. The maximum absolute atomic E-state index is 4.30. The molecular weight excluding hydrogens is 214 g/mol. The smallest absolute Gasteiger partial charge is 0.140 e.